The Bertz CT molecular complexity index is 410. The smallest absolute Gasteiger partial charge is 0.316 e. The number of Topliss-reactive ketones (excluding diaryl/α,β-unsaturated/α-hetero) is 1. The van der Waals surface area contributed by atoms with Gasteiger partial charge < -0.3 is 4.74 Å². The Morgan fingerprint density at radius 3 is 2.53 bits per heavy atom. The second kappa shape index (κ2) is 6.18. The van der Waals surface area contributed by atoms with Gasteiger partial charge in [-0.05, 0) is 26.3 Å². The minimum absolute atomic E-state index is 0.158. The van der Waals surface area contributed by atoms with E-state index in [0.29, 0.717) is 18.6 Å². The summed E-state index contributed by atoms with van der Waals surface area (Å²) in [4.78, 5) is 23.8. The first-order valence-corrected chi connectivity index (χ1v) is 5.87. The highest BCUT2D eigenvalue weighted by molar-refractivity contribution is 6.08. The fourth-order valence-electron chi connectivity index (χ4n) is 1.70. The van der Waals surface area contributed by atoms with Crippen LogP contribution in [0.15, 0.2) is 24.3 Å². The Balaban J connectivity index is 2.90. The highest BCUT2D eigenvalue weighted by Gasteiger charge is 2.26. The number of ketones is 1. The Morgan fingerprint density at radius 1 is 1.29 bits per heavy atom. The molecule has 0 aliphatic rings. The van der Waals surface area contributed by atoms with Crippen LogP contribution in [0.1, 0.15) is 36.2 Å². The molecule has 0 aliphatic carbocycles. The molecule has 0 amide bonds. The largest absolute Gasteiger partial charge is 0.465 e. The van der Waals surface area contributed by atoms with Crippen molar-refractivity contribution >= 4 is 11.8 Å². The van der Waals surface area contributed by atoms with Crippen LogP contribution in [-0.2, 0) is 9.53 Å². The molecule has 3 nitrogen and oxygen atoms in total. The maximum Gasteiger partial charge on any atom is 0.316 e. The highest BCUT2D eigenvalue weighted by Crippen LogP contribution is 2.15. The molecule has 0 heterocycles. The van der Waals surface area contributed by atoms with E-state index in [0.717, 1.165) is 5.56 Å². The minimum atomic E-state index is -0.684. The van der Waals surface area contributed by atoms with Gasteiger partial charge in [-0.2, -0.15) is 0 Å². The first-order valence-electron chi connectivity index (χ1n) is 5.87. The zero-order valence-electron chi connectivity index (χ0n) is 10.5. The monoisotopic (exact) mass is 234 g/mol. The van der Waals surface area contributed by atoms with Crippen LogP contribution in [0.5, 0.6) is 0 Å². The van der Waals surface area contributed by atoms with Crippen LogP contribution < -0.4 is 0 Å². The van der Waals surface area contributed by atoms with Crippen molar-refractivity contribution in [2.75, 3.05) is 6.61 Å². The van der Waals surface area contributed by atoms with Crippen LogP contribution in [-0.4, -0.2) is 18.4 Å². The van der Waals surface area contributed by atoms with Crippen molar-refractivity contribution in [3.05, 3.63) is 35.4 Å². The third-order valence-corrected chi connectivity index (χ3v) is 2.60. The molecule has 1 rings (SSSR count). The van der Waals surface area contributed by atoms with Gasteiger partial charge in [-0.1, -0.05) is 30.7 Å². The molecule has 0 aromatic heterocycles. The van der Waals surface area contributed by atoms with Crippen molar-refractivity contribution < 1.29 is 14.3 Å². The number of ether oxygens (including phenoxy) is 1. The third kappa shape index (κ3) is 3.41. The molecule has 0 bridgehead atoms. The average molecular weight is 234 g/mol. The summed E-state index contributed by atoms with van der Waals surface area (Å²) in [5.41, 5.74) is 1.58. The Labute approximate surface area is 102 Å². The lowest BCUT2D eigenvalue weighted by Crippen LogP contribution is -2.25. The van der Waals surface area contributed by atoms with Gasteiger partial charge in [0.2, 0.25) is 0 Å². The van der Waals surface area contributed by atoms with Gasteiger partial charge >= 0.3 is 5.97 Å². The number of rotatable bonds is 5. The van der Waals surface area contributed by atoms with E-state index in [1.807, 2.05) is 26.0 Å². The van der Waals surface area contributed by atoms with Crippen LogP contribution >= 0.6 is 0 Å². The zero-order valence-corrected chi connectivity index (χ0v) is 10.5. The fourth-order valence-corrected chi connectivity index (χ4v) is 1.70. The van der Waals surface area contributed by atoms with Crippen LogP contribution in [0.2, 0.25) is 0 Å². The summed E-state index contributed by atoms with van der Waals surface area (Å²) in [7, 11) is 0. The standard InChI is InChI=1S/C14H18O3/c1-4-12(14(16)17-5-2)13(15)11-8-6-7-10(3)9-11/h6-9,12H,4-5H2,1-3H3/t12-/m1/s1. The average Bonchev–Trinajstić information content (AvgIpc) is 2.30. The summed E-state index contributed by atoms with van der Waals surface area (Å²) in [6, 6.07) is 7.27. The summed E-state index contributed by atoms with van der Waals surface area (Å²) in [5, 5.41) is 0. The predicted octanol–water partition coefficient (Wildman–Crippen LogP) is 2.77. The molecule has 0 saturated heterocycles. The quantitative estimate of drug-likeness (QED) is 0.447. The molecule has 0 aliphatic heterocycles. The second-order valence-corrected chi connectivity index (χ2v) is 3.95. The molecule has 1 aromatic rings. The Kier molecular flexibility index (Phi) is 4.88. The van der Waals surface area contributed by atoms with Crippen molar-refractivity contribution in [3.8, 4) is 0 Å². The molecule has 92 valence electrons. The van der Waals surface area contributed by atoms with Crippen molar-refractivity contribution in [1.29, 1.82) is 0 Å². The lowest BCUT2D eigenvalue weighted by molar-refractivity contribution is -0.146. The maximum absolute atomic E-state index is 12.1. The van der Waals surface area contributed by atoms with Crippen molar-refractivity contribution in [2.24, 2.45) is 5.92 Å². The van der Waals surface area contributed by atoms with Gasteiger partial charge in [-0.3, -0.25) is 9.59 Å². The molecule has 1 aromatic carbocycles. The molecular formula is C14H18O3. The van der Waals surface area contributed by atoms with E-state index in [1.54, 1.807) is 19.1 Å². The normalized spacial score (nSPS) is 11.9. The molecule has 3 heteroatoms. The second-order valence-electron chi connectivity index (χ2n) is 3.95. The zero-order chi connectivity index (χ0) is 12.8. The molecule has 0 spiro atoms. The summed E-state index contributed by atoms with van der Waals surface area (Å²) < 4.78 is 4.91. The van der Waals surface area contributed by atoms with Gasteiger partial charge in [0.25, 0.3) is 0 Å². The van der Waals surface area contributed by atoms with Crippen molar-refractivity contribution in [2.45, 2.75) is 27.2 Å². The molecule has 17 heavy (non-hydrogen) atoms. The van der Waals surface area contributed by atoms with Crippen LogP contribution in [0, 0.1) is 12.8 Å². The fraction of sp³-hybridized carbons (Fsp3) is 0.429. The molecule has 0 radical (unpaired) electrons. The van der Waals surface area contributed by atoms with Crippen LogP contribution in [0.4, 0.5) is 0 Å². The van der Waals surface area contributed by atoms with E-state index >= 15 is 0 Å². The molecular weight excluding hydrogens is 216 g/mol. The summed E-state index contributed by atoms with van der Waals surface area (Å²) in [5.74, 6) is -1.27. The number of aryl methyl sites for hydroxylation is 1. The highest BCUT2D eigenvalue weighted by atomic mass is 16.5. The van der Waals surface area contributed by atoms with E-state index in [9.17, 15) is 9.59 Å². The van der Waals surface area contributed by atoms with E-state index in [4.69, 9.17) is 4.74 Å². The Morgan fingerprint density at radius 2 is 2.00 bits per heavy atom. The van der Waals surface area contributed by atoms with Gasteiger partial charge in [0, 0.05) is 5.56 Å². The van der Waals surface area contributed by atoms with Gasteiger partial charge in [0.15, 0.2) is 5.78 Å². The maximum atomic E-state index is 12.1. The summed E-state index contributed by atoms with van der Waals surface area (Å²) >= 11 is 0. The number of carbonyl (C=O) groups is 2. The first-order chi connectivity index (χ1) is 8.10. The number of benzene rings is 1. The Hall–Kier alpha value is -1.64. The van der Waals surface area contributed by atoms with E-state index in [2.05, 4.69) is 0 Å². The molecule has 0 N–H and O–H groups in total. The third-order valence-electron chi connectivity index (χ3n) is 2.60. The van der Waals surface area contributed by atoms with Gasteiger partial charge in [-0.25, -0.2) is 0 Å². The molecule has 0 saturated carbocycles. The first kappa shape index (κ1) is 13.4. The van der Waals surface area contributed by atoms with Gasteiger partial charge in [0.1, 0.15) is 5.92 Å². The van der Waals surface area contributed by atoms with E-state index in [1.165, 1.54) is 0 Å². The number of esters is 1. The lowest BCUT2D eigenvalue weighted by Gasteiger charge is -2.12. The number of hydrogen-bond donors (Lipinski definition) is 0. The molecule has 0 unspecified atom stereocenters. The predicted molar refractivity (Wildman–Crippen MR) is 65.9 cm³/mol. The van der Waals surface area contributed by atoms with E-state index in [-0.39, 0.29) is 5.78 Å². The van der Waals surface area contributed by atoms with E-state index < -0.39 is 11.9 Å². The van der Waals surface area contributed by atoms with Crippen molar-refractivity contribution in [1.82, 2.24) is 0 Å². The van der Waals surface area contributed by atoms with Crippen LogP contribution in [0.25, 0.3) is 0 Å². The van der Waals surface area contributed by atoms with Gasteiger partial charge in [0.05, 0.1) is 6.61 Å². The molecule has 0 fully saturated rings. The SMILES string of the molecule is CCOC(=O)[C@H](CC)C(=O)c1cccc(C)c1. The summed E-state index contributed by atoms with van der Waals surface area (Å²) in [6.45, 7) is 5.77. The van der Waals surface area contributed by atoms with Crippen LogP contribution in [0.3, 0.4) is 0 Å². The number of hydrogen-bond acceptors (Lipinski definition) is 3. The topological polar surface area (TPSA) is 43.4 Å². The minimum Gasteiger partial charge on any atom is -0.465 e. The lowest BCUT2D eigenvalue weighted by atomic mass is 9.94. The van der Waals surface area contributed by atoms with Gasteiger partial charge in [-0.15, -0.1) is 0 Å². The number of carbonyl (C=O) groups excluding carboxylic acids is 2. The van der Waals surface area contributed by atoms with Crippen molar-refractivity contribution in [3.63, 3.8) is 0 Å². The summed E-state index contributed by atoms with van der Waals surface area (Å²) in [6.07, 6.45) is 0.464. The molecule has 1 atom stereocenters.